The average molecular weight is 123 g/mol. The lowest BCUT2D eigenvalue weighted by Gasteiger charge is -2.05. The molecule has 0 aromatic heterocycles. The van der Waals surface area contributed by atoms with Crippen molar-refractivity contribution in [3.8, 4) is 12.3 Å². The molecule has 0 saturated carbocycles. The second-order valence-electron chi connectivity index (χ2n) is 2.75. The zero-order valence-corrected chi connectivity index (χ0v) is 6.35. The van der Waals surface area contributed by atoms with E-state index in [9.17, 15) is 0 Å². The maximum Gasteiger partial charge on any atom is 0.0172 e. The zero-order valence-electron chi connectivity index (χ0n) is 6.35. The van der Waals surface area contributed by atoms with Gasteiger partial charge in [-0.05, 0) is 18.8 Å². The molecule has 51 valence electrons. The highest BCUT2D eigenvalue weighted by atomic mass is 14.0. The summed E-state index contributed by atoms with van der Waals surface area (Å²) in [4.78, 5) is 0. The Kier molecular flexibility index (Phi) is 4.22. The normalized spacial score (nSPS) is 13.2. The Bertz CT molecular complexity index is 95.1. The van der Waals surface area contributed by atoms with Crippen LogP contribution < -0.4 is 0 Å². The summed E-state index contributed by atoms with van der Waals surface area (Å²) in [5.41, 5.74) is 0. The van der Waals surface area contributed by atoms with Crippen molar-refractivity contribution in [3.05, 3.63) is 6.92 Å². The van der Waals surface area contributed by atoms with Gasteiger partial charge in [0.05, 0.1) is 0 Å². The Labute approximate surface area is 58.7 Å². The Morgan fingerprint density at radius 3 is 2.33 bits per heavy atom. The second-order valence-corrected chi connectivity index (χ2v) is 2.75. The van der Waals surface area contributed by atoms with Crippen molar-refractivity contribution < 1.29 is 0 Å². The topological polar surface area (TPSA) is 0 Å². The highest BCUT2D eigenvalue weighted by molar-refractivity contribution is 4.90. The minimum atomic E-state index is 0.425. The van der Waals surface area contributed by atoms with E-state index in [2.05, 4.69) is 26.7 Å². The molecule has 0 bridgehead atoms. The second kappa shape index (κ2) is 4.44. The molecule has 0 aliphatic carbocycles. The van der Waals surface area contributed by atoms with Crippen LogP contribution in [0.25, 0.3) is 0 Å². The Morgan fingerprint density at radius 1 is 1.44 bits per heavy atom. The van der Waals surface area contributed by atoms with Crippen LogP contribution in [-0.2, 0) is 0 Å². The van der Waals surface area contributed by atoms with Gasteiger partial charge in [-0.15, -0.1) is 12.3 Å². The lowest BCUT2D eigenvalue weighted by Crippen LogP contribution is -1.94. The van der Waals surface area contributed by atoms with Crippen LogP contribution in [0.5, 0.6) is 0 Å². The molecule has 0 aliphatic heterocycles. The van der Waals surface area contributed by atoms with Crippen LogP contribution in [0, 0.1) is 31.1 Å². The number of terminal acetylenes is 1. The molecule has 9 heavy (non-hydrogen) atoms. The first kappa shape index (κ1) is 8.56. The molecule has 0 rings (SSSR count). The predicted molar refractivity (Wildman–Crippen MR) is 41.8 cm³/mol. The van der Waals surface area contributed by atoms with E-state index in [0.29, 0.717) is 11.8 Å². The Hall–Kier alpha value is -0.440. The largest absolute Gasteiger partial charge is 0.120 e. The van der Waals surface area contributed by atoms with Gasteiger partial charge in [0.15, 0.2) is 0 Å². The molecule has 0 aromatic rings. The van der Waals surface area contributed by atoms with Crippen molar-refractivity contribution in [2.45, 2.75) is 26.7 Å². The quantitative estimate of drug-likeness (QED) is 0.506. The van der Waals surface area contributed by atoms with Gasteiger partial charge < -0.3 is 0 Å². The first-order valence-electron chi connectivity index (χ1n) is 3.46. The number of rotatable bonds is 3. The van der Waals surface area contributed by atoms with E-state index in [1.807, 2.05) is 0 Å². The van der Waals surface area contributed by atoms with Gasteiger partial charge >= 0.3 is 0 Å². The van der Waals surface area contributed by atoms with E-state index in [1.165, 1.54) is 0 Å². The molecule has 0 aromatic carbocycles. The smallest absolute Gasteiger partial charge is 0.0172 e. The van der Waals surface area contributed by atoms with Crippen LogP contribution in [0.3, 0.4) is 0 Å². The van der Waals surface area contributed by atoms with Gasteiger partial charge in [0.2, 0.25) is 0 Å². The van der Waals surface area contributed by atoms with Crippen molar-refractivity contribution in [1.82, 2.24) is 0 Å². The van der Waals surface area contributed by atoms with Crippen molar-refractivity contribution in [1.29, 1.82) is 0 Å². The summed E-state index contributed by atoms with van der Waals surface area (Å²) >= 11 is 0. The van der Waals surface area contributed by atoms with Gasteiger partial charge in [0, 0.05) is 5.92 Å². The molecule has 0 heteroatoms. The van der Waals surface area contributed by atoms with E-state index in [1.54, 1.807) is 0 Å². The molecule has 0 N–H and O–H groups in total. The van der Waals surface area contributed by atoms with E-state index < -0.39 is 0 Å². The summed E-state index contributed by atoms with van der Waals surface area (Å²) in [7, 11) is 0. The molecule has 0 saturated heterocycles. The van der Waals surface area contributed by atoms with Crippen LogP contribution in [0.2, 0.25) is 0 Å². The number of hydrogen-bond acceptors (Lipinski definition) is 0. The van der Waals surface area contributed by atoms with E-state index in [-0.39, 0.29) is 0 Å². The zero-order chi connectivity index (χ0) is 7.28. The van der Waals surface area contributed by atoms with Crippen LogP contribution in [0.1, 0.15) is 26.7 Å². The predicted octanol–water partition coefficient (Wildman–Crippen LogP) is 2.51. The SMILES string of the molecule is C#CC(C)CCC([CH2])C. The highest BCUT2D eigenvalue weighted by Crippen LogP contribution is 2.09. The summed E-state index contributed by atoms with van der Waals surface area (Å²) in [6.45, 7) is 8.06. The Morgan fingerprint density at radius 2 is 2.00 bits per heavy atom. The molecular formula is C9H15. The van der Waals surface area contributed by atoms with Crippen LogP contribution in [0.4, 0.5) is 0 Å². The van der Waals surface area contributed by atoms with E-state index in [4.69, 9.17) is 6.42 Å². The van der Waals surface area contributed by atoms with Gasteiger partial charge in [-0.2, -0.15) is 0 Å². The average Bonchev–Trinajstić information content (AvgIpc) is 1.83. The third-order valence-corrected chi connectivity index (χ3v) is 1.38. The van der Waals surface area contributed by atoms with Gasteiger partial charge in [0.1, 0.15) is 0 Å². The molecule has 2 atom stereocenters. The highest BCUT2D eigenvalue weighted by Gasteiger charge is 1.98. The molecule has 0 spiro atoms. The summed E-state index contributed by atoms with van der Waals surface area (Å²) in [5.74, 6) is 3.66. The fraction of sp³-hybridized carbons (Fsp3) is 0.667. The van der Waals surface area contributed by atoms with Crippen molar-refractivity contribution >= 4 is 0 Å². The summed E-state index contributed by atoms with van der Waals surface area (Å²) in [6.07, 6.45) is 7.44. The van der Waals surface area contributed by atoms with Crippen LogP contribution in [0.15, 0.2) is 0 Å². The summed E-state index contributed by atoms with van der Waals surface area (Å²) in [6, 6.07) is 0. The number of hydrogen-bond donors (Lipinski definition) is 0. The molecule has 1 radical (unpaired) electrons. The third-order valence-electron chi connectivity index (χ3n) is 1.38. The molecule has 0 amide bonds. The van der Waals surface area contributed by atoms with Gasteiger partial charge in [-0.1, -0.05) is 20.8 Å². The maximum absolute atomic E-state index is 5.19. The van der Waals surface area contributed by atoms with Gasteiger partial charge in [-0.25, -0.2) is 0 Å². The first-order valence-corrected chi connectivity index (χ1v) is 3.46. The fourth-order valence-corrected chi connectivity index (χ4v) is 0.618. The van der Waals surface area contributed by atoms with E-state index >= 15 is 0 Å². The van der Waals surface area contributed by atoms with Crippen molar-refractivity contribution in [3.63, 3.8) is 0 Å². The maximum atomic E-state index is 5.19. The lowest BCUT2D eigenvalue weighted by molar-refractivity contribution is 0.543. The van der Waals surface area contributed by atoms with Crippen molar-refractivity contribution in [2.75, 3.05) is 0 Å². The lowest BCUT2D eigenvalue weighted by atomic mass is 10.0. The molecular weight excluding hydrogens is 108 g/mol. The van der Waals surface area contributed by atoms with Gasteiger partial charge in [-0.3, -0.25) is 0 Å². The van der Waals surface area contributed by atoms with Crippen LogP contribution >= 0.6 is 0 Å². The minimum absolute atomic E-state index is 0.425. The summed E-state index contributed by atoms with van der Waals surface area (Å²) in [5, 5.41) is 0. The monoisotopic (exact) mass is 123 g/mol. The third kappa shape index (κ3) is 5.43. The van der Waals surface area contributed by atoms with Gasteiger partial charge in [0.25, 0.3) is 0 Å². The minimum Gasteiger partial charge on any atom is -0.120 e. The first-order chi connectivity index (χ1) is 4.16. The van der Waals surface area contributed by atoms with Crippen LogP contribution in [-0.4, -0.2) is 0 Å². The Balaban J connectivity index is 3.19. The molecule has 0 heterocycles. The molecule has 2 unspecified atom stereocenters. The van der Waals surface area contributed by atoms with Crippen molar-refractivity contribution in [2.24, 2.45) is 11.8 Å². The fourth-order valence-electron chi connectivity index (χ4n) is 0.618. The molecule has 0 aliphatic rings. The summed E-state index contributed by atoms with van der Waals surface area (Å²) < 4.78 is 0. The molecule has 0 nitrogen and oxygen atoms in total. The molecule has 0 fully saturated rings. The standard InChI is InChI=1S/C9H15/c1-5-9(4)7-6-8(2)3/h1,8-9H,2,6-7H2,3-4H3. The van der Waals surface area contributed by atoms with E-state index in [0.717, 1.165) is 12.8 Å².